The van der Waals surface area contributed by atoms with E-state index >= 15 is 0 Å². The molecule has 8 heteroatoms. The summed E-state index contributed by atoms with van der Waals surface area (Å²) in [6.07, 6.45) is 1.37. The summed E-state index contributed by atoms with van der Waals surface area (Å²) in [5, 5.41) is 0. The third kappa shape index (κ3) is 3.43. The number of hydrazine groups is 1. The Morgan fingerprint density at radius 2 is 1.84 bits per heavy atom. The SMILES string of the molecule is NNc1cc(S(=O)(=O)Nc2ccc(Br)cc2)ccn1. The molecule has 0 spiro atoms. The lowest BCUT2D eigenvalue weighted by Gasteiger charge is -2.09. The van der Waals surface area contributed by atoms with Crippen LogP contribution >= 0.6 is 15.9 Å². The topological polar surface area (TPSA) is 97.1 Å². The van der Waals surface area contributed by atoms with Gasteiger partial charge in [0.1, 0.15) is 5.82 Å². The fourth-order valence-electron chi connectivity index (χ4n) is 1.39. The van der Waals surface area contributed by atoms with Crippen LogP contribution in [0.5, 0.6) is 0 Å². The maximum atomic E-state index is 12.1. The molecule has 0 radical (unpaired) electrons. The van der Waals surface area contributed by atoms with Crippen LogP contribution in [0.1, 0.15) is 0 Å². The minimum Gasteiger partial charge on any atom is -0.308 e. The molecule has 0 atom stereocenters. The number of aromatic nitrogens is 1. The van der Waals surface area contributed by atoms with E-state index < -0.39 is 10.0 Å². The number of hydrogen-bond donors (Lipinski definition) is 3. The smallest absolute Gasteiger partial charge is 0.262 e. The third-order valence-corrected chi connectivity index (χ3v) is 4.19. The molecule has 0 aliphatic carbocycles. The Morgan fingerprint density at radius 3 is 2.47 bits per heavy atom. The summed E-state index contributed by atoms with van der Waals surface area (Å²) in [4.78, 5) is 3.94. The lowest BCUT2D eigenvalue weighted by atomic mass is 10.3. The first kappa shape index (κ1) is 13.8. The zero-order chi connectivity index (χ0) is 13.9. The number of benzene rings is 1. The van der Waals surface area contributed by atoms with E-state index in [4.69, 9.17) is 5.84 Å². The highest BCUT2D eigenvalue weighted by Gasteiger charge is 2.14. The molecule has 6 nitrogen and oxygen atoms in total. The van der Waals surface area contributed by atoms with E-state index in [2.05, 4.69) is 31.1 Å². The number of nitrogens with two attached hydrogens (primary N) is 1. The largest absolute Gasteiger partial charge is 0.308 e. The van der Waals surface area contributed by atoms with Crippen LogP contribution in [0.4, 0.5) is 11.5 Å². The molecule has 19 heavy (non-hydrogen) atoms. The molecular weight excluding hydrogens is 332 g/mol. The minimum absolute atomic E-state index is 0.0818. The number of anilines is 2. The van der Waals surface area contributed by atoms with E-state index in [1.54, 1.807) is 24.3 Å². The molecule has 0 amide bonds. The van der Waals surface area contributed by atoms with Crippen LogP contribution in [0.15, 0.2) is 52.0 Å². The number of hydrogen-bond acceptors (Lipinski definition) is 5. The zero-order valence-electron chi connectivity index (χ0n) is 9.67. The Bertz CT molecular complexity index is 673. The van der Waals surface area contributed by atoms with Gasteiger partial charge in [-0.25, -0.2) is 19.2 Å². The second kappa shape index (κ2) is 5.55. The Labute approximate surface area is 119 Å². The van der Waals surface area contributed by atoms with Gasteiger partial charge in [-0.05, 0) is 30.3 Å². The molecular formula is C11H11BrN4O2S. The van der Waals surface area contributed by atoms with E-state index in [1.807, 2.05) is 0 Å². The van der Waals surface area contributed by atoms with E-state index in [0.29, 0.717) is 5.69 Å². The third-order valence-electron chi connectivity index (χ3n) is 2.29. The maximum Gasteiger partial charge on any atom is 0.262 e. The molecule has 0 unspecified atom stereocenters. The summed E-state index contributed by atoms with van der Waals surface area (Å²) in [5.74, 6) is 5.47. The first-order chi connectivity index (χ1) is 9.01. The normalized spacial score (nSPS) is 11.1. The van der Waals surface area contributed by atoms with Crippen LogP contribution in [-0.4, -0.2) is 13.4 Å². The van der Waals surface area contributed by atoms with Gasteiger partial charge < -0.3 is 5.43 Å². The van der Waals surface area contributed by atoms with Crippen LogP contribution in [-0.2, 0) is 10.0 Å². The van der Waals surface area contributed by atoms with Gasteiger partial charge in [0.15, 0.2) is 0 Å². The molecule has 100 valence electrons. The first-order valence-corrected chi connectivity index (χ1v) is 7.50. The molecule has 4 N–H and O–H groups in total. The van der Waals surface area contributed by atoms with E-state index in [-0.39, 0.29) is 10.7 Å². The lowest BCUT2D eigenvalue weighted by Crippen LogP contribution is -2.14. The average molecular weight is 343 g/mol. The van der Waals surface area contributed by atoms with Crippen molar-refractivity contribution in [2.75, 3.05) is 10.1 Å². The molecule has 0 bridgehead atoms. The van der Waals surface area contributed by atoms with E-state index in [0.717, 1.165) is 4.47 Å². The predicted octanol–water partition coefficient (Wildman–Crippen LogP) is 1.93. The van der Waals surface area contributed by atoms with Crippen molar-refractivity contribution in [1.82, 2.24) is 4.98 Å². The van der Waals surface area contributed by atoms with E-state index in [1.165, 1.54) is 18.3 Å². The van der Waals surface area contributed by atoms with Gasteiger partial charge in [0.25, 0.3) is 10.0 Å². The summed E-state index contributed by atoms with van der Waals surface area (Å²) >= 11 is 3.28. The highest BCUT2D eigenvalue weighted by molar-refractivity contribution is 9.10. The molecule has 0 fully saturated rings. The maximum absolute atomic E-state index is 12.1. The number of nitrogen functional groups attached to an aromatic ring is 1. The number of sulfonamides is 1. The summed E-state index contributed by atoms with van der Waals surface area (Å²) in [7, 11) is -3.66. The number of pyridine rings is 1. The first-order valence-electron chi connectivity index (χ1n) is 5.22. The fraction of sp³-hybridized carbons (Fsp3) is 0. The predicted molar refractivity (Wildman–Crippen MR) is 77.0 cm³/mol. The number of nitrogens with one attached hydrogen (secondary N) is 2. The van der Waals surface area contributed by atoms with Gasteiger partial charge in [0.05, 0.1) is 4.90 Å². The Morgan fingerprint density at radius 1 is 1.16 bits per heavy atom. The fourth-order valence-corrected chi connectivity index (χ4v) is 2.72. The van der Waals surface area contributed by atoms with Gasteiger partial charge in [-0.1, -0.05) is 15.9 Å². The second-order valence-corrected chi connectivity index (χ2v) is 6.23. The quantitative estimate of drug-likeness (QED) is 0.582. The van der Waals surface area contributed by atoms with E-state index in [9.17, 15) is 8.42 Å². The van der Waals surface area contributed by atoms with Gasteiger partial charge in [-0.3, -0.25) is 4.72 Å². The number of nitrogens with zero attached hydrogens (tertiary/aromatic N) is 1. The lowest BCUT2D eigenvalue weighted by molar-refractivity contribution is 0.601. The Kier molecular flexibility index (Phi) is 4.03. The molecule has 0 aliphatic heterocycles. The van der Waals surface area contributed by atoms with Gasteiger partial charge in [-0.15, -0.1) is 0 Å². The van der Waals surface area contributed by atoms with Gasteiger partial charge in [0, 0.05) is 22.4 Å². The van der Waals surface area contributed by atoms with Crippen LogP contribution in [0, 0.1) is 0 Å². The highest BCUT2D eigenvalue weighted by atomic mass is 79.9. The summed E-state index contributed by atoms with van der Waals surface area (Å²) in [5.41, 5.74) is 2.78. The summed E-state index contributed by atoms with van der Waals surface area (Å²) in [6.45, 7) is 0. The molecule has 0 saturated carbocycles. The molecule has 0 saturated heterocycles. The summed E-state index contributed by atoms with van der Waals surface area (Å²) in [6, 6.07) is 9.55. The van der Waals surface area contributed by atoms with Gasteiger partial charge in [0.2, 0.25) is 0 Å². The molecule has 2 rings (SSSR count). The molecule has 1 heterocycles. The molecule has 2 aromatic rings. The number of rotatable bonds is 4. The average Bonchev–Trinajstić information content (AvgIpc) is 2.41. The molecule has 1 aromatic carbocycles. The van der Waals surface area contributed by atoms with Crippen molar-refractivity contribution in [1.29, 1.82) is 0 Å². The second-order valence-electron chi connectivity index (χ2n) is 3.63. The summed E-state index contributed by atoms with van der Waals surface area (Å²) < 4.78 is 27.6. The Hall–Kier alpha value is -1.64. The van der Waals surface area contributed by atoms with Crippen molar-refractivity contribution in [3.05, 3.63) is 47.1 Å². The molecule has 1 aromatic heterocycles. The van der Waals surface area contributed by atoms with Crippen molar-refractivity contribution in [2.45, 2.75) is 4.90 Å². The van der Waals surface area contributed by atoms with Crippen molar-refractivity contribution < 1.29 is 8.42 Å². The number of halogens is 1. The minimum atomic E-state index is -3.66. The monoisotopic (exact) mass is 342 g/mol. The van der Waals surface area contributed by atoms with Crippen molar-refractivity contribution in [2.24, 2.45) is 5.84 Å². The van der Waals surface area contributed by atoms with Crippen LogP contribution in [0.2, 0.25) is 0 Å². The van der Waals surface area contributed by atoms with Crippen molar-refractivity contribution in [3.63, 3.8) is 0 Å². The highest BCUT2D eigenvalue weighted by Crippen LogP contribution is 2.19. The van der Waals surface area contributed by atoms with Crippen molar-refractivity contribution >= 4 is 37.5 Å². The van der Waals surface area contributed by atoms with Crippen LogP contribution < -0.4 is 16.0 Å². The van der Waals surface area contributed by atoms with Crippen LogP contribution in [0.3, 0.4) is 0 Å². The zero-order valence-corrected chi connectivity index (χ0v) is 12.1. The molecule has 0 aliphatic rings. The van der Waals surface area contributed by atoms with Crippen molar-refractivity contribution in [3.8, 4) is 0 Å². The van der Waals surface area contributed by atoms with Crippen LogP contribution in [0.25, 0.3) is 0 Å². The Balaban J connectivity index is 2.29. The van der Waals surface area contributed by atoms with Gasteiger partial charge in [-0.2, -0.15) is 0 Å². The standard InChI is InChI=1S/C11H11BrN4O2S/c12-8-1-3-9(4-2-8)16-19(17,18)10-5-6-14-11(7-10)15-13/h1-7,16H,13H2,(H,14,15). The van der Waals surface area contributed by atoms with Gasteiger partial charge >= 0.3 is 0 Å².